The Bertz CT molecular complexity index is 385. The lowest BCUT2D eigenvalue weighted by Gasteiger charge is -2.25. The lowest BCUT2D eigenvalue weighted by atomic mass is 10.2. The van der Waals surface area contributed by atoms with E-state index < -0.39 is 11.7 Å². The van der Waals surface area contributed by atoms with Crippen LogP contribution in [0.5, 0.6) is 0 Å². The number of rotatable bonds is 5. The van der Waals surface area contributed by atoms with E-state index in [-0.39, 0.29) is 5.82 Å². The molecule has 102 valence electrons. The fraction of sp³-hybridized carbons (Fsp3) is 0.583. The van der Waals surface area contributed by atoms with Gasteiger partial charge in [-0.1, -0.05) is 13.8 Å². The quantitative estimate of drug-likeness (QED) is 0.884. The molecule has 0 aromatic carbocycles. The first kappa shape index (κ1) is 14.6. The number of alkyl halides is 3. The van der Waals surface area contributed by atoms with Gasteiger partial charge in [0.15, 0.2) is 0 Å². The number of nitrogens with two attached hydrogens (primary N) is 1. The summed E-state index contributed by atoms with van der Waals surface area (Å²) < 4.78 is 37.9. The maximum absolute atomic E-state index is 12.6. The molecule has 0 radical (unpaired) electrons. The van der Waals surface area contributed by atoms with Crippen LogP contribution in [0.3, 0.4) is 0 Å². The standard InChI is InChI=1S/C12H18F3N3/c1-3-5-18(6-4-2)10-7-9(12(13,14)15)8-17-11(10)16/h7-8H,3-6H2,1-2H3,(H2,16,17). The summed E-state index contributed by atoms with van der Waals surface area (Å²) in [6.45, 7) is 5.28. The minimum atomic E-state index is -4.39. The molecular formula is C12H18F3N3. The Morgan fingerprint density at radius 2 is 1.78 bits per heavy atom. The predicted octanol–water partition coefficient (Wildman–Crippen LogP) is 3.31. The zero-order valence-electron chi connectivity index (χ0n) is 10.6. The van der Waals surface area contributed by atoms with E-state index >= 15 is 0 Å². The summed E-state index contributed by atoms with van der Waals surface area (Å²) in [5, 5.41) is 0. The molecular weight excluding hydrogens is 243 g/mol. The third kappa shape index (κ3) is 3.51. The molecule has 3 nitrogen and oxygen atoms in total. The summed E-state index contributed by atoms with van der Waals surface area (Å²) in [5.74, 6) is 0.143. The van der Waals surface area contributed by atoms with Crippen LogP contribution in [0.1, 0.15) is 32.3 Å². The molecule has 0 aliphatic heterocycles. The second kappa shape index (κ2) is 5.93. The van der Waals surface area contributed by atoms with Crippen LogP contribution in [-0.2, 0) is 6.18 Å². The lowest BCUT2D eigenvalue weighted by Crippen LogP contribution is -2.26. The van der Waals surface area contributed by atoms with Gasteiger partial charge in [0, 0.05) is 19.3 Å². The van der Waals surface area contributed by atoms with Gasteiger partial charge in [0.25, 0.3) is 0 Å². The van der Waals surface area contributed by atoms with Crippen LogP contribution in [0, 0.1) is 0 Å². The third-order valence-corrected chi connectivity index (χ3v) is 2.55. The van der Waals surface area contributed by atoms with Crippen molar-refractivity contribution in [3.8, 4) is 0 Å². The van der Waals surface area contributed by atoms with Crippen molar-refractivity contribution in [2.24, 2.45) is 0 Å². The number of nitrogens with zero attached hydrogens (tertiary/aromatic N) is 2. The van der Waals surface area contributed by atoms with Crippen LogP contribution < -0.4 is 10.6 Å². The van der Waals surface area contributed by atoms with Gasteiger partial charge in [0.1, 0.15) is 5.82 Å². The Balaban J connectivity index is 3.11. The van der Waals surface area contributed by atoms with E-state index in [4.69, 9.17) is 5.73 Å². The topological polar surface area (TPSA) is 42.2 Å². The average molecular weight is 261 g/mol. The number of pyridine rings is 1. The smallest absolute Gasteiger partial charge is 0.382 e. The molecule has 1 aromatic heterocycles. The highest BCUT2D eigenvalue weighted by Crippen LogP contribution is 2.33. The molecule has 2 N–H and O–H groups in total. The van der Waals surface area contributed by atoms with Gasteiger partial charge in [-0.3, -0.25) is 0 Å². The number of halogens is 3. The fourth-order valence-electron chi connectivity index (χ4n) is 1.76. The van der Waals surface area contributed by atoms with Crippen molar-refractivity contribution >= 4 is 11.5 Å². The van der Waals surface area contributed by atoms with Crippen molar-refractivity contribution in [2.75, 3.05) is 23.7 Å². The van der Waals surface area contributed by atoms with Crippen LogP contribution in [0.2, 0.25) is 0 Å². The average Bonchev–Trinajstić information content (AvgIpc) is 2.28. The maximum Gasteiger partial charge on any atom is 0.417 e. The van der Waals surface area contributed by atoms with Gasteiger partial charge in [-0.2, -0.15) is 13.2 Å². The van der Waals surface area contributed by atoms with E-state index in [1.54, 1.807) is 0 Å². The normalized spacial score (nSPS) is 11.6. The maximum atomic E-state index is 12.6. The predicted molar refractivity (Wildman–Crippen MR) is 66.4 cm³/mol. The molecule has 0 amide bonds. The largest absolute Gasteiger partial charge is 0.417 e. The summed E-state index contributed by atoms with van der Waals surface area (Å²) >= 11 is 0. The Kier molecular flexibility index (Phi) is 4.81. The van der Waals surface area contributed by atoms with E-state index in [1.807, 2.05) is 18.7 Å². The number of anilines is 2. The first-order valence-corrected chi connectivity index (χ1v) is 5.97. The monoisotopic (exact) mass is 261 g/mol. The highest BCUT2D eigenvalue weighted by Gasteiger charge is 2.32. The zero-order chi connectivity index (χ0) is 13.8. The molecule has 0 aliphatic rings. The van der Waals surface area contributed by atoms with Crippen LogP contribution >= 0.6 is 0 Å². The van der Waals surface area contributed by atoms with Crippen LogP contribution in [-0.4, -0.2) is 18.1 Å². The Morgan fingerprint density at radius 3 is 2.22 bits per heavy atom. The number of hydrogen-bond donors (Lipinski definition) is 1. The van der Waals surface area contributed by atoms with Gasteiger partial charge in [0.05, 0.1) is 11.3 Å². The van der Waals surface area contributed by atoms with Crippen molar-refractivity contribution in [3.63, 3.8) is 0 Å². The third-order valence-electron chi connectivity index (χ3n) is 2.55. The van der Waals surface area contributed by atoms with Gasteiger partial charge < -0.3 is 10.6 Å². The molecule has 0 atom stereocenters. The Hall–Kier alpha value is -1.46. The minimum absolute atomic E-state index is 0.143. The van der Waals surface area contributed by atoms with Crippen molar-refractivity contribution < 1.29 is 13.2 Å². The van der Waals surface area contributed by atoms with Gasteiger partial charge in [-0.25, -0.2) is 4.98 Å². The molecule has 18 heavy (non-hydrogen) atoms. The van der Waals surface area contributed by atoms with E-state index in [0.717, 1.165) is 25.1 Å². The molecule has 0 spiro atoms. The molecule has 6 heteroatoms. The second-order valence-corrected chi connectivity index (χ2v) is 4.11. The molecule has 1 heterocycles. The molecule has 1 rings (SSSR count). The second-order valence-electron chi connectivity index (χ2n) is 4.11. The minimum Gasteiger partial charge on any atom is -0.382 e. The van der Waals surface area contributed by atoms with E-state index in [1.165, 1.54) is 0 Å². The summed E-state index contributed by atoms with van der Waals surface area (Å²) in [6.07, 6.45) is -1.93. The Labute approximate surface area is 105 Å². The number of nitrogen functional groups attached to an aromatic ring is 1. The lowest BCUT2D eigenvalue weighted by molar-refractivity contribution is -0.137. The highest BCUT2D eigenvalue weighted by molar-refractivity contribution is 5.64. The highest BCUT2D eigenvalue weighted by atomic mass is 19.4. The van der Waals surface area contributed by atoms with E-state index in [9.17, 15) is 13.2 Å². The number of hydrogen-bond acceptors (Lipinski definition) is 3. The summed E-state index contributed by atoms with van der Waals surface area (Å²) in [6, 6.07) is 1.08. The van der Waals surface area contributed by atoms with Gasteiger partial charge >= 0.3 is 6.18 Å². The van der Waals surface area contributed by atoms with Gasteiger partial charge in [-0.15, -0.1) is 0 Å². The molecule has 0 aliphatic carbocycles. The van der Waals surface area contributed by atoms with Gasteiger partial charge in [0.2, 0.25) is 0 Å². The van der Waals surface area contributed by atoms with Crippen molar-refractivity contribution in [1.29, 1.82) is 0 Å². The molecule has 0 unspecified atom stereocenters. The molecule has 0 saturated carbocycles. The van der Waals surface area contributed by atoms with E-state index in [0.29, 0.717) is 18.8 Å². The van der Waals surface area contributed by atoms with E-state index in [2.05, 4.69) is 4.98 Å². The van der Waals surface area contributed by atoms with Crippen molar-refractivity contribution in [2.45, 2.75) is 32.9 Å². The van der Waals surface area contributed by atoms with Crippen LogP contribution in [0.25, 0.3) is 0 Å². The number of aromatic nitrogens is 1. The fourth-order valence-corrected chi connectivity index (χ4v) is 1.76. The summed E-state index contributed by atoms with van der Waals surface area (Å²) in [4.78, 5) is 5.49. The summed E-state index contributed by atoms with van der Waals surface area (Å²) in [5.41, 5.74) is 5.28. The molecule has 1 aromatic rings. The first-order chi connectivity index (χ1) is 8.40. The van der Waals surface area contributed by atoms with Crippen LogP contribution in [0.4, 0.5) is 24.7 Å². The molecule has 0 bridgehead atoms. The zero-order valence-corrected chi connectivity index (χ0v) is 10.6. The van der Waals surface area contributed by atoms with Crippen LogP contribution in [0.15, 0.2) is 12.3 Å². The molecule has 0 saturated heterocycles. The Morgan fingerprint density at radius 1 is 1.22 bits per heavy atom. The summed E-state index contributed by atoms with van der Waals surface area (Å²) in [7, 11) is 0. The SMILES string of the molecule is CCCN(CCC)c1cc(C(F)(F)F)cnc1N. The first-order valence-electron chi connectivity index (χ1n) is 5.97. The van der Waals surface area contributed by atoms with Crippen molar-refractivity contribution in [3.05, 3.63) is 17.8 Å². The molecule has 0 fully saturated rings. The van der Waals surface area contributed by atoms with Gasteiger partial charge in [-0.05, 0) is 18.9 Å². The van der Waals surface area contributed by atoms with Crippen molar-refractivity contribution in [1.82, 2.24) is 4.98 Å².